The van der Waals surface area contributed by atoms with Crippen LogP contribution in [0.25, 0.3) is 0 Å². The minimum Gasteiger partial charge on any atom is -0.396 e. The molecule has 0 aliphatic carbocycles. The molecule has 1 aromatic carbocycles. The van der Waals surface area contributed by atoms with Gasteiger partial charge in [0.25, 0.3) is 0 Å². The van der Waals surface area contributed by atoms with Gasteiger partial charge in [0.15, 0.2) is 0 Å². The number of thioether (sulfide) groups is 1. The average molecular weight is 210 g/mol. The summed E-state index contributed by atoms with van der Waals surface area (Å²) < 4.78 is 0. The predicted molar refractivity (Wildman–Crippen MR) is 63.7 cm³/mol. The molecule has 0 saturated carbocycles. The molecule has 1 aromatic rings. The number of hydrogen-bond acceptors (Lipinski definition) is 2. The van der Waals surface area contributed by atoms with E-state index in [1.54, 1.807) is 0 Å². The summed E-state index contributed by atoms with van der Waals surface area (Å²) in [6, 6.07) is 8.79. The van der Waals surface area contributed by atoms with Gasteiger partial charge in [-0.15, -0.1) is 0 Å². The third-order valence-electron chi connectivity index (χ3n) is 2.15. The topological polar surface area (TPSA) is 20.2 Å². The predicted octanol–water partition coefficient (Wildman–Crippen LogP) is 2.86. The lowest BCUT2D eigenvalue weighted by Crippen LogP contribution is -1.88. The van der Waals surface area contributed by atoms with Crippen LogP contribution in [0.15, 0.2) is 24.3 Å². The Morgan fingerprint density at radius 2 is 1.79 bits per heavy atom. The molecule has 0 atom stereocenters. The minimum atomic E-state index is 0.307. The van der Waals surface area contributed by atoms with Crippen molar-refractivity contribution in [1.29, 1.82) is 0 Å². The summed E-state index contributed by atoms with van der Waals surface area (Å²) >= 11 is 1.88. The Morgan fingerprint density at radius 1 is 1.14 bits per heavy atom. The zero-order chi connectivity index (χ0) is 10.2. The van der Waals surface area contributed by atoms with Gasteiger partial charge in [0.1, 0.15) is 0 Å². The standard InChI is InChI=1S/C12H18OS/c1-2-11-4-6-12(7-5-11)10-14-9-3-8-13/h4-7,13H,2-3,8-10H2,1H3. The van der Waals surface area contributed by atoms with Crippen molar-refractivity contribution in [2.24, 2.45) is 0 Å². The van der Waals surface area contributed by atoms with Crippen molar-refractivity contribution < 1.29 is 5.11 Å². The van der Waals surface area contributed by atoms with Gasteiger partial charge in [-0.25, -0.2) is 0 Å². The summed E-state index contributed by atoms with van der Waals surface area (Å²) in [5, 5.41) is 8.62. The van der Waals surface area contributed by atoms with Crippen LogP contribution in [0, 0.1) is 0 Å². The molecule has 0 amide bonds. The lowest BCUT2D eigenvalue weighted by molar-refractivity contribution is 0.296. The fourth-order valence-corrected chi connectivity index (χ4v) is 2.13. The van der Waals surface area contributed by atoms with E-state index in [2.05, 4.69) is 31.2 Å². The largest absolute Gasteiger partial charge is 0.396 e. The van der Waals surface area contributed by atoms with Gasteiger partial charge < -0.3 is 5.11 Å². The summed E-state index contributed by atoms with van der Waals surface area (Å²) in [5.74, 6) is 2.11. The molecular formula is C12H18OS. The molecule has 78 valence electrons. The van der Waals surface area contributed by atoms with Gasteiger partial charge in [0, 0.05) is 12.4 Å². The maximum atomic E-state index is 8.62. The molecule has 0 aromatic heterocycles. The van der Waals surface area contributed by atoms with Crippen LogP contribution in [0.4, 0.5) is 0 Å². The van der Waals surface area contributed by atoms with Gasteiger partial charge >= 0.3 is 0 Å². The molecule has 0 aliphatic heterocycles. The van der Waals surface area contributed by atoms with E-state index < -0.39 is 0 Å². The number of benzene rings is 1. The Labute approximate surface area is 90.5 Å². The van der Waals surface area contributed by atoms with E-state index in [-0.39, 0.29) is 0 Å². The summed E-state index contributed by atoms with van der Waals surface area (Å²) in [6.07, 6.45) is 2.01. The molecule has 2 heteroatoms. The highest BCUT2D eigenvalue weighted by Gasteiger charge is 1.94. The number of hydrogen-bond donors (Lipinski definition) is 1. The normalized spacial score (nSPS) is 10.4. The van der Waals surface area contributed by atoms with Crippen LogP contribution in [-0.2, 0) is 12.2 Å². The molecule has 0 heterocycles. The number of aliphatic hydroxyl groups is 1. The fraction of sp³-hybridized carbons (Fsp3) is 0.500. The van der Waals surface area contributed by atoms with E-state index >= 15 is 0 Å². The van der Waals surface area contributed by atoms with Crippen LogP contribution >= 0.6 is 11.8 Å². The third kappa shape index (κ3) is 4.16. The number of aryl methyl sites for hydroxylation is 1. The highest BCUT2D eigenvalue weighted by atomic mass is 32.2. The molecule has 1 N–H and O–H groups in total. The van der Waals surface area contributed by atoms with Gasteiger partial charge in [0.2, 0.25) is 0 Å². The van der Waals surface area contributed by atoms with Crippen LogP contribution in [0.2, 0.25) is 0 Å². The van der Waals surface area contributed by atoms with Crippen molar-refractivity contribution in [3.8, 4) is 0 Å². The molecule has 0 spiro atoms. The molecule has 0 unspecified atom stereocenters. The monoisotopic (exact) mass is 210 g/mol. The maximum Gasteiger partial charge on any atom is 0.0438 e. The highest BCUT2D eigenvalue weighted by Crippen LogP contribution is 2.13. The van der Waals surface area contributed by atoms with E-state index in [0.717, 1.165) is 24.3 Å². The summed E-state index contributed by atoms with van der Waals surface area (Å²) in [7, 11) is 0. The van der Waals surface area contributed by atoms with Crippen LogP contribution in [-0.4, -0.2) is 17.5 Å². The molecule has 0 fully saturated rings. The molecule has 0 aliphatic rings. The molecule has 14 heavy (non-hydrogen) atoms. The van der Waals surface area contributed by atoms with Crippen molar-refractivity contribution in [2.75, 3.05) is 12.4 Å². The first-order valence-corrected chi connectivity index (χ1v) is 6.28. The Bertz CT molecular complexity index is 243. The molecule has 0 radical (unpaired) electrons. The van der Waals surface area contributed by atoms with Gasteiger partial charge in [0.05, 0.1) is 0 Å². The molecule has 1 nitrogen and oxygen atoms in total. The van der Waals surface area contributed by atoms with Crippen molar-refractivity contribution in [2.45, 2.75) is 25.5 Å². The highest BCUT2D eigenvalue weighted by molar-refractivity contribution is 7.98. The Balaban J connectivity index is 2.29. The second-order valence-electron chi connectivity index (χ2n) is 3.30. The van der Waals surface area contributed by atoms with Gasteiger partial charge in [-0.2, -0.15) is 11.8 Å². The van der Waals surface area contributed by atoms with E-state index in [9.17, 15) is 0 Å². The van der Waals surface area contributed by atoms with E-state index in [1.807, 2.05) is 11.8 Å². The number of aliphatic hydroxyl groups excluding tert-OH is 1. The Morgan fingerprint density at radius 3 is 2.36 bits per heavy atom. The first kappa shape index (κ1) is 11.6. The summed E-state index contributed by atoms with van der Waals surface area (Å²) in [6.45, 7) is 2.48. The SMILES string of the molecule is CCc1ccc(CSCCCO)cc1. The molecule has 0 saturated heterocycles. The summed E-state index contributed by atoms with van der Waals surface area (Å²) in [4.78, 5) is 0. The lowest BCUT2D eigenvalue weighted by atomic mass is 10.1. The van der Waals surface area contributed by atoms with Crippen molar-refractivity contribution >= 4 is 11.8 Å². The second-order valence-corrected chi connectivity index (χ2v) is 4.40. The van der Waals surface area contributed by atoms with Crippen LogP contribution in [0.1, 0.15) is 24.5 Å². The van der Waals surface area contributed by atoms with Crippen LogP contribution in [0.5, 0.6) is 0 Å². The van der Waals surface area contributed by atoms with Gasteiger partial charge in [-0.3, -0.25) is 0 Å². The molecule has 1 rings (SSSR count). The van der Waals surface area contributed by atoms with Crippen molar-refractivity contribution in [1.82, 2.24) is 0 Å². The van der Waals surface area contributed by atoms with E-state index in [4.69, 9.17) is 5.11 Å². The number of rotatable bonds is 6. The van der Waals surface area contributed by atoms with E-state index in [0.29, 0.717) is 6.61 Å². The minimum absolute atomic E-state index is 0.307. The second kappa shape index (κ2) is 6.91. The van der Waals surface area contributed by atoms with Gasteiger partial charge in [-0.1, -0.05) is 31.2 Å². The quantitative estimate of drug-likeness (QED) is 0.729. The first-order chi connectivity index (χ1) is 6.86. The third-order valence-corrected chi connectivity index (χ3v) is 3.26. The van der Waals surface area contributed by atoms with Crippen molar-refractivity contribution in [3.05, 3.63) is 35.4 Å². The van der Waals surface area contributed by atoms with E-state index in [1.165, 1.54) is 11.1 Å². The van der Waals surface area contributed by atoms with Crippen LogP contribution < -0.4 is 0 Å². The lowest BCUT2D eigenvalue weighted by Gasteiger charge is -2.02. The molecular weight excluding hydrogens is 192 g/mol. The maximum absolute atomic E-state index is 8.62. The Kier molecular flexibility index (Phi) is 5.72. The smallest absolute Gasteiger partial charge is 0.0438 e. The van der Waals surface area contributed by atoms with Crippen molar-refractivity contribution in [3.63, 3.8) is 0 Å². The zero-order valence-corrected chi connectivity index (χ0v) is 9.52. The Hall–Kier alpha value is -0.470. The molecule has 0 bridgehead atoms. The summed E-state index contributed by atoms with van der Waals surface area (Å²) in [5.41, 5.74) is 2.78. The fourth-order valence-electron chi connectivity index (χ4n) is 1.23. The van der Waals surface area contributed by atoms with Crippen LogP contribution in [0.3, 0.4) is 0 Å². The van der Waals surface area contributed by atoms with Gasteiger partial charge in [-0.05, 0) is 29.7 Å². The zero-order valence-electron chi connectivity index (χ0n) is 8.70. The first-order valence-electron chi connectivity index (χ1n) is 5.13. The average Bonchev–Trinajstić information content (AvgIpc) is 2.25.